The van der Waals surface area contributed by atoms with E-state index in [1.54, 1.807) is 7.05 Å². The molecule has 9 heteroatoms. The van der Waals surface area contributed by atoms with Crippen molar-refractivity contribution in [1.29, 1.82) is 0 Å². The molecular formula is C18H29N3O5S. The van der Waals surface area contributed by atoms with Gasteiger partial charge in [-0.05, 0) is 24.8 Å². The highest BCUT2D eigenvalue weighted by atomic mass is 32.2. The second kappa shape index (κ2) is 8.88. The summed E-state index contributed by atoms with van der Waals surface area (Å²) in [4.78, 5) is 25.4. The Hall–Kier alpha value is -1.87. The second-order valence-electron chi connectivity index (χ2n) is 7.43. The van der Waals surface area contributed by atoms with Crippen LogP contribution in [0, 0.1) is 5.92 Å². The maximum atomic E-state index is 12.9. The van der Waals surface area contributed by atoms with E-state index < -0.39 is 16.0 Å². The summed E-state index contributed by atoms with van der Waals surface area (Å²) in [6.45, 7) is 5.38. The van der Waals surface area contributed by atoms with Gasteiger partial charge in [0.2, 0.25) is 10.0 Å². The Balaban J connectivity index is 2.26. The Labute approximate surface area is 160 Å². The lowest BCUT2D eigenvalue weighted by Crippen LogP contribution is -2.37. The number of amides is 1. The first-order valence-corrected chi connectivity index (χ1v) is 10.7. The molecule has 1 saturated heterocycles. The molecule has 0 radical (unpaired) electrons. The highest BCUT2D eigenvalue weighted by Crippen LogP contribution is 2.23. The lowest BCUT2D eigenvalue weighted by Gasteiger charge is -2.25. The fourth-order valence-electron chi connectivity index (χ4n) is 3.25. The summed E-state index contributed by atoms with van der Waals surface area (Å²) >= 11 is 0. The van der Waals surface area contributed by atoms with E-state index in [9.17, 15) is 18.0 Å². The van der Waals surface area contributed by atoms with E-state index in [1.807, 2.05) is 13.8 Å². The normalized spacial score (nSPS) is 15.9. The molecule has 8 nitrogen and oxygen atoms in total. The van der Waals surface area contributed by atoms with Crippen LogP contribution in [0.4, 0.5) is 0 Å². The number of rotatable bonds is 8. The number of aryl methyl sites for hydroxylation is 1. The molecule has 1 N–H and O–H groups in total. The van der Waals surface area contributed by atoms with E-state index in [1.165, 1.54) is 26.0 Å². The first-order valence-electron chi connectivity index (χ1n) is 9.30. The SMILES string of the molecule is CC(C)CN(CCC(=O)O)C(=O)c1cc(S(=O)(=O)N2CCCCC2)cn1C. The van der Waals surface area contributed by atoms with Crippen molar-refractivity contribution in [3.05, 3.63) is 18.0 Å². The third kappa shape index (κ3) is 5.32. The van der Waals surface area contributed by atoms with Crippen molar-refractivity contribution < 1.29 is 23.1 Å². The van der Waals surface area contributed by atoms with Crippen LogP contribution in [0.3, 0.4) is 0 Å². The molecule has 2 heterocycles. The number of hydrogen-bond donors (Lipinski definition) is 1. The lowest BCUT2D eigenvalue weighted by molar-refractivity contribution is -0.137. The molecule has 0 aromatic carbocycles. The zero-order chi connectivity index (χ0) is 20.2. The number of aliphatic carboxylic acids is 1. The van der Waals surface area contributed by atoms with Gasteiger partial charge < -0.3 is 14.6 Å². The summed E-state index contributed by atoms with van der Waals surface area (Å²) in [5.41, 5.74) is 0.247. The van der Waals surface area contributed by atoms with Gasteiger partial charge in [-0.2, -0.15) is 4.31 Å². The van der Waals surface area contributed by atoms with Gasteiger partial charge in [0.1, 0.15) is 10.6 Å². The molecule has 152 valence electrons. The monoisotopic (exact) mass is 399 g/mol. The minimum Gasteiger partial charge on any atom is -0.481 e. The molecule has 1 aromatic rings. The Morgan fingerprint density at radius 1 is 1.22 bits per heavy atom. The number of carboxylic acid groups (broad SMARTS) is 1. The third-order valence-corrected chi connectivity index (χ3v) is 6.48. The third-order valence-electron chi connectivity index (χ3n) is 4.62. The highest BCUT2D eigenvalue weighted by Gasteiger charge is 2.29. The van der Waals surface area contributed by atoms with Crippen molar-refractivity contribution in [1.82, 2.24) is 13.8 Å². The number of carbonyl (C=O) groups is 2. The molecule has 0 atom stereocenters. The molecule has 1 amide bonds. The number of carbonyl (C=O) groups excluding carboxylic acids is 1. The number of nitrogens with zero attached hydrogens (tertiary/aromatic N) is 3. The van der Waals surface area contributed by atoms with Crippen LogP contribution >= 0.6 is 0 Å². The Morgan fingerprint density at radius 3 is 2.41 bits per heavy atom. The predicted molar refractivity (Wildman–Crippen MR) is 101 cm³/mol. The van der Waals surface area contributed by atoms with Crippen LogP contribution < -0.4 is 0 Å². The van der Waals surface area contributed by atoms with Gasteiger partial charge in [0, 0.05) is 39.4 Å². The van der Waals surface area contributed by atoms with Crippen LogP contribution in [-0.2, 0) is 21.9 Å². The van der Waals surface area contributed by atoms with Gasteiger partial charge >= 0.3 is 5.97 Å². The Morgan fingerprint density at radius 2 is 1.85 bits per heavy atom. The summed E-state index contributed by atoms with van der Waals surface area (Å²) in [5, 5.41) is 8.93. The van der Waals surface area contributed by atoms with E-state index in [4.69, 9.17) is 5.11 Å². The fraction of sp³-hybridized carbons (Fsp3) is 0.667. The molecular weight excluding hydrogens is 370 g/mol. The second-order valence-corrected chi connectivity index (χ2v) is 9.36. The number of hydrogen-bond acceptors (Lipinski definition) is 4. The first kappa shape index (κ1) is 21.4. The standard InChI is InChI=1S/C18H29N3O5S/c1-14(2)12-20(10-7-17(22)23)18(24)16-11-15(13-19(16)3)27(25,26)21-8-5-4-6-9-21/h11,13-14H,4-10,12H2,1-3H3,(H,22,23). The number of carboxylic acids is 1. The van der Waals surface area contributed by atoms with Gasteiger partial charge in [-0.3, -0.25) is 9.59 Å². The van der Waals surface area contributed by atoms with Crippen LogP contribution in [0.5, 0.6) is 0 Å². The predicted octanol–water partition coefficient (Wildman–Crippen LogP) is 1.77. The minimum absolute atomic E-state index is 0.0890. The molecule has 0 aliphatic carbocycles. The summed E-state index contributed by atoms with van der Waals surface area (Å²) < 4.78 is 28.7. The summed E-state index contributed by atoms with van der Waals surface area (Å²) in [6, 6.07) is 1.40. The smallest absolute Gasteiger partial charge is 0.305 e. The Bertz CT molecular complexity index is 779. The van der Waals surface area contributed by atoms with Crippen molar-refractivity contribution in [2.45, 2.75) is 44.4 Å². The van der Waals surface area contributed by atoms with Gasteiger partial charge in [-0.1, -0.05) is 20.3 Å². The quantitative estimate of drug-likeness (QED) is 0.718. The van der Waals surface area contributed by atoms with Crippen LogP contribution in [0.15, 0.2) is 17.2 Å². The van der Waals surface area contributed by atoms with Crippen LogP contribution in [0.2, 0.25) is 0 Å². The van der Waals surface area contributed by atoms with Crippen LogP contribution in [0.25, 0.3) is 0 Å². The largest absolute Gasteiger partial charge is 0.481 e. The summed E-state index contributed by atoms with van der Waals surface area (Å²) in [5.74, 6) is -1.16. The molecule has 0 unspecified atom stereocenters. The van der Waals surface area contributed by atoms with Gasteiger partial charge in [0.15, 0.2) is 0 Å². The number of sulfonamides is 1. The lowest BCUT2D eigenvalue weighted by atomic mass is 10.2. The van der Waals surface area contributed by atoms with E-state index >= 15 is 0 Å². The molecule has 0 bridgehead atoms. The molecule has 1 aromatic heterocycles. The molecule has 1 aliphatic heterocycles. The summed E-state index contributed by atoms with van der Waals surface area (Å²) in [7, 11) is -1.99. The van der Waals surface area contributed by atoms with Crippen molar-refractivity contribution >= 4 is 21.9 Å². The number of aromatic nitrogens is 1. The van der Waals surface area contributed by atoms with Crippen molar-refractivity contribution in [2.75, 3.05) is 26.2 Å². The number of piperidine rings is 1. The van der Waals surface area contributed by atoms with E-state index in [-0.39, 0.29) is 35.4 Å². The molecule has 1 fully saturated rings. The maximum Gasteiger partial charge on any atom is 0.305 e. The van der Waals surface area contributed by atoms with E-state index in [0.29, 0.717) is 19.6 Å². The zero-order valence-electron chi connectivity index (χ0n) is 16.2. The molecule has 0 saturated carbocycles. The zero-order valence-corrected chi connectivity index (χ0v) is 17.0. The van der Waals surface area contributed by atoms with Gasteiger partial charge in [-0.15, -0.1) is 0 Å². The van der Waals surface area contributed by atoms with Crippen molar-refractivity contribution in [3.63, 3.8) is 0 Å². The molecule has 0 spiro atoms. The Kier molecular flexibility index (Phi) is 7.05. The van der Waals surface area contributed by atoms with Crippen molar-refractivity contribution in [3.8, 4) is 0 Å². The van der Waals surface area contributed by atoms with Gasteiger partial charge in [0.25, 0.3) is 5.91 Å². The summed E-state index contributed by atoms with van der Waals surface area (Å²) in [6.07, 6.45) is 4.02. The van der Waals surface area contributed by atoms with E-state index in [2.05, 4.69) is 0 Å². The van der Waals surface area contributed by atoms with Gasteiger partial charge in [0.05, 0.1) is 6.42 Å². The average molecular weight is 400 g/mol. The molecule has 2 rings (SSSR count). The van der Waals surface area contributed by atoms with Crippen LogP contribution in [-0.4, -0.2) is 65.4 Å². The highest BCUT2D eigenvalue weighted by molar-refractivity contribution is 7.89. The first-order chi connectivity index (χ1) is 12.6. The average Bonchev–Trinajstić information content (AvgIpc) is 3.01. The maximum absolute atomic E-state index is 12.9. The van der Waals surface area contributed by atoms with Crippen molar-refractivity contribution in [2.24, 2.45) is 13.0 Å². The van der Waals surface area contributed by atoms with Crippen LogP contribution in [0.1, 0.15) is 50.0 Å². The topological polar surface area (TPSA) is 99.9 Å². The molecule has 1 aliphatic rings. The van der Waals surface area contributed by atoms with Gasteiger partial charge in [-0.25, -0.2) is 8.42 Å². The fourth-order valence-corrected chi connectivity index (χ4v) is 4.84. The molecule has 27 heavy (non-hydrogen) atoms. The van der Waals surface area contributed by atoms with E-state index in [0.717, 1.165) is 19.3 Å². The minimum atomic E-state index is -3.62.